The second-order valence-corrected chi connectivity index (χ2v) is 4.68. The van der Waals surface area contributed by atoms with Crippen LogP contribution >= 0.6 is 0 Å². The van der Waals surface area contributed by atoms with Crippen LogP contribution in [-0.4, -0.2) is 45.2 Å². The van der Waals surface area contributed by atoms with Crippen LogP contribution in [0.15, 0.2) is 18.2 Å². The summed E-state index contributed by atoms with van der Waals surface area (Å²) in [5, 5.41) is 27.4. The molecule has 0 unspecified atom stereocenters. The molecular formula is C13H17NO5. The molecule has 0 saturated heterocycles. The normalized spacial score (nSPS) is 10.5. The second-order valence-electron chi connectivity index (χ2n) is 4.68. The lowest BCUT2D eigenvalue weighted by atomic mass is 10.1. The highest BCUT2D eigenvalue weighted by molar-refractivity contribution is 5.96. The molecule has 1 amide bonds. The zero-order chi connectivity index (χ0) is 14.6. The molecule has 6 heteroatoms. The molecule has 0 fully saturated rings. The SMILES string of the molecule is CC(C)CN(CC(=O)O)C(=O)c1ccc(O)c(O)c1. The van der Waals surface area contributed by atoms with E-state index in [1.54, 1.807) is 0 Å². The quantitative estimate of drug-likeness (QED) is 0.698. The van der Waals surface area contributed by atoms with Crippen LogP contribution in [0.4, 0.5) is 0 Å². The predicted molar refractivity (Wildman–Crippen MR) is 68.1 cm³/mol. The first-order valence-electron chi connectivity index (χ1n) is 5.84. The summed E-state index contributed by atoms with van der Waals surface area (Å²) in [5.41, 5.74) is 0.136. The van der Waals surface area contributed by atoms with Gasteiger partial charge in [-0.1, -0.05) is 13.8 Å². The zero-order valence-electron chi connectivity index (χ0n) is 10.8. The molecule has 19 heavy (non-hydrogen) atoms. The van der Waals surface area contributed by atoms with Crippen LogP contribution in [0.3, 0.4) is 0 Å². The van der Waals surface area contributed by atoms with Crippen molar-refractivity contribution < 1.29 is 24.9 Å². The van der Waals surface area contributed by atoms with Crippen molar-refractivity contribution in [3.63, 3.8) is 0 Å². The third-order valence-electron chi connectivity index (χ3n) is 2.42. The third-order valence-corrected chi connectivity index (χ3v) is 2.42. The summed E-state index contributed by atoms with van der Waals surface area (Å²) in [6.45, 7) is 3.64. The van der Waals surface area contributed by atoms with Crippen LogP contribution in [0.5, 0.6) is 11.5 Å². The zero-order valence-corrected chi connectivity index (χ0v) is 10.8. The Labute approximate surface area is 110 Å². The Morgan fingerprint density at radius 2 is 1.84 bits per heavy atom. The third kappa shape index (κ3) is 4.17. The first-order chi connectivity index (χ1) is 8.81. The Hall–Kier alpha value is -2.24. The van der Waals surface area contributed by atoms with Gasteiger partial charge in [-0.25, -0.2) is 0 Å². The van der Waals surface area contributed by atoms with Gasteiger partial charge in [0.15, 0.2) is 11.5 Å². The summed E-state index contributed by atoms with van der Waals surface area (Å²) in [5.74, 6) is -2.21. The molecule has 0 bridgehead atoms. The molecular weight excluding hydrogens is 250 g/mol. The summed E-state index contributed by atoms with van der Waals surface area (Å²) >= 11 is 0. The number of nitrogens with zero attached hydrogens (tertiary/aromatic N) is 1. The van der Waals surface area contributed by atoms with Crippen LogP contribution in [0.25, 0.3) is 0 Å². The number of phenols is 2. The number of aromatic hydroxyl groups is 2. The van der Waals surface area contributed by atoms with E-state index in [0.717, 1.165) is 6.07 Å². The second kappa shape index (κ2) is 6.08. The highest BCUT2D eigenvalue weighted by atomic mass is 16.4. The topological polar surface area (TPSA) is 98.1 Å². The fraction of sp³-hybridized carbons (Fsp3) is 0.385. The van der Waals surface area contributed by atoms with E-state index in [4.69, 9.17) is 5.11 Å². The number of amides is 1. The minimum Gasteiger partial charge on any atom is -0.504 e. The monoisotopic (exact) mass is 267 g/mol. The number of hydrogen-bond donors (Lipinski definition) is 3. The summed E-state index contributed by atoms with van der Waals surface area (Å²) in [6, 6.07) is 3.65. The van der Waals surface area contributed by atoms with Crippen LogP contribution < -0.4 is 0 Å². The molecule has 1 rings (SSSR count). The Morgan fingerprint density at radius 3 is 2.32 bits per heavy atom. The average molecular weight is 267 g/mol. The number of rotatable bonds is 5. The average Bonchev–Trinajstić information content (AvgIpc) is 2.29. The molecule has 0 atom stereocenters. The molecule has 1 aromatic carbocycles. The van der Waals surface area contributed by atoms with Gasteiger partial charge in [-0.15, -0.1) is 0 Å². The van der Waals surface area contributed by atoms with Crippen LogP contribution in [-0.2, 0) is 4.79 Å². The first-order valence-corrected chi connectivity index (χ1v) is 5.84. The number of carbonyl (C=O) groups excluding carboxylic acids is 1. The Balaban J connectivity index is 2.97. The van der Waals surface area contributed by atoms with Gasteiger partial charge in [-0.05, 0) is 24.1 Å². The maximum Gasteiger partial charge on any atom is 0.323 e. The van der Waals surface area contributed by atoms with E-state index >= 15 is 0 Å². The number of phenolic OH excluding ortho intramolecular Hbond substituents is 2. The smallest absolute Gasteiger partial charge is 0.323 e. The number of carboxylic acids is 1. The van der Waals surface area contributed by atoms with E-state index < -0.39 is 24.2 Å². The van der Waals surface area contributed by atoms with Crippen molar-refractivity contribution in [2.24, 2.45) is 5.92 Å². The largest absolute Gasteiger partial charge is 0.504 e. The molecule has 0 saturated carbocycles. The van der Waals surface area contributed by atoms with Crippen molar-refractivity contribution in [3.05, 3.63) is 23.8 Å². The minimum absolute atomic E-state index is 0.119. The number of hydrogen-bond acceptors (Lipinski definition) is 4. The molecule has 0 heterocycles. The van der Waals surface area contributed by atoms with Gasteiger partial charge in [-0.3, -0.25) is 9.59 Å². The Bertz CT molecular complexity index is 484. The van der Waals surface area contributed by atoms with E-state index in [0.29, 0.717) is 6.54 Å². The van der Waals surface area contributed by atoms with E-state index in [1.165, 1.54) is 17.0 Å². The van der Waals surface area contributed by atoms with Gasteiger partial charge in [0.2, 0.25) is 0 Å². The highest BCUT2D eigenvalue weighted by Crippen LogP contribution is 2.25. The van der Waals surface area contributed by atoms with Gasteiger partial charge in [0.05, 0.1) is 0 Å². The van der Waals surface area contributed by atoms with Gasteiger partial charge in [0.1, 0.15) is 6.54 Å². The van der Waals surface area contributed by atoms with Crippen molar-refractivity contribution >= 4 is 11.9 Å². The van der Waals surface area contributed by atoms with Gasteiger partial charge in [0, 0.05) is 12.1 Å². The van der Waals surface area contributed by atoms with Crippen molar-refractivity contribution in [2.45, 2.75) is 13.8 Å². The molecule has 0 aliphatic heterocycles. The number of aliphatic carboxylic acids is 1. The van der Waals surface area contributed by atoms with Crippen molar-refractivity contribution in [1.82, 2.24) is 4.90 Å². The molecule has 0 spiro atoms. The lowest BCUT2D eigenvalue weighted by Gasteiger charge is -2.22. The Kier molecular flexibility index (Phi) is 4.74. The first kappa shape index (κ1) is 14.8. The molecule has 3 N–H and O–H groups in total. The van der Waals surface area contributed by atoms with Gasteiger partial charge >= 0.3 is 5.97 Å². The molecule has 1 aromatic rings. The maximum absolute atomic E-state index is 12.1. The fourth-order valence-electron chi connectivity index (χ4n) is 1.66. The summed E-state index contributed by atoms with van der Waals surface area (Å²) in [7, 11) is 0. The van der Waals surface area contributed by atoms with E-state index in [2.05, 4.69) is 0 Å². The minimum atomic E-state index is -1.10. The van der Waals surface area contributed by atoms with Gasteiger partial charge < -0.3 is 20.2 Å². The summed E-state index contributed by atoms with van der Waals surface area (Å²) < 4.78 is 0. The Morgan fingerprint density at radius 1 is 1.21 bits per heavy atom. The maximum atomic E-state index is 12.1. The predicted octanol–water partition coefficient (Wildman–Crippen LogP) is 1.28. The highest BCUT2D eigenvalue weighted by Gasteiger charge is 2.20. The molecule has 0 radical (unpaired) electrons. The van der Waals surface area contributed by atoms with Crippen LogP contribution in [0, 0.1) is 5.92 Å². The lowest BCUT2D eigenvalue weighted by Crippen LogP contribution is -2.38. The van der Waals surface area contributed by atoms with Crippen LogP contribution in [0.2, 0.25) is 0 Å². The van der Waals surface area contributed by atoms with Crippen molar-refractivity contribution in [1.29, 1.82) is 0 Å². The van der Waals surface area contributed by atoms with E-state index in [9.17, 15) is 19.8 Å². The van der Waals surface area contributed by atoms with Crippen molar-refractivity contribution in [2.75, 3.05) is 13.1 Å². The summed E-state index contributed by atoms with van der Waals surface area (Å²) in [4.78, 5) is 24.1. The standard InChI is InChI=1S/C13H17NO5/c1-8(2)6-14(7-12(17)18)13(19)9-3-4-10(15)11(16)5-9/h3-5,8,15-16H,6-7H2,1-2H3,(H,17,18). The molecule has 0 aliphatic carbocycles. The lowest BCUT2D eigenvalue weighted by molar-refractivity contribution is -0.137. The number of benzene rings is 1. The molecule has 104 valence electrons. The van der Waals surface area contributed by atoms with Gasteiger partial charge in [0.25, 0.3) is 5.91 Å². The number of carbonyl (C=O) groups is 2. The van der Waals surface area contributed by atoms with Crippen LogP contribution in [0.1, 0.15) is 24.2 Å². The van der Waals surface area contributed by atoms with E-state index in [1.807, 2.05) is 13.8 Å². The molecule has 6 nitrogen and oxygen atoms in total. The van der Waals surface area contributed by atoms with Crippen molar-refractivity contribution in [3.8, 4) is 11.5 Å². The summed E-state index contributed by atoms with van der Waals surface area (Å²) in [6.07, 6.45) is 0. The molecule has 0 aromatic heterocycles. The van der Waals surface area contributed by atoms with E-state index in [-0.39, 0.29) is 17.2 Å². The molecule has 0 aliphatic rings. The fourth-order valence-corrected chi connectivity index (χ4v) is 1.66. The number of carboxylic acid groups (broad SMARTS) is 1. The van der Waals surface area contributed by atoms with Gasteiger partial charge in [-0.2, -0.15) is 0 Å².